The fourth-order valence-electron chi connectivity index (χ4n) is 1.77. The summed E-state index contributed by atoms with van der Waals surface area (Å²) in [5.74, 6) is 0.127. The van der Waals surface area contributed by atoms with Crippen molar-refractivity contribution in [2.75, 3.05) is 13.2 Å². The molecule has 0 spiro atoms. The number of hydrogen-bond acceptors (Lipinski definition) is 3. The van der Waals surface area contributed by atoms with E-state index in [0.717, 1.165) is 11.6 Å². The van der Waals surface area contributed by atoms with Crippen LogP contribution < -0.4 is 9.47 Å². The van der Waals surface area contributed by atoms with Crippen LogP contribution in [0.15, 0.2) is 48.5 Å². The average Bonchev–Trinajstić information content (AvgIpc) is 2.53. The summed E-state index contributed by atoms with van der Waals surface area (Å²) in [6, 6.07) is 12.1. The zero-order chi connectivity index (χ0) is 16.7. The van der Waals surface area contributed by atoms with Crippen LogP contribution in [0.25, 0.3) is 6.08 Å². The Morgan fingerprint density at radius 1 is 1.09 bits per heavy atom. The third-order valence-corrected chi connectivity index (χ3v) is 3.33. The molecule has 0 aliphatic rings. The van der Waals surface area contributed by atoms with Crippen LogP contribution in [-0.2, 0) is 4.79 Å². The van der Waals surface area contributed by atoms with Gasteiger partial charge in [-0.1, -0.05) is 35.3 Å². The highest BCUT2D eigenvalue weighted by atomic mass is 35.5. The number of hydrogen-bond donors (Lipinski definition) is 1. The Kier molecular flexibility index (Phi) is 6.32. The lowest BCUT2D eigenvalue weighted by atomic mass is 10.2. The predicted octanol–water partition coefficient (Wildman–Crippen LogP) is 4.55. The normalized spacial score (nSPS) is 10.7. The van der Waals surface area contributed by atoms with Crippen LogP contribution in [0.1, 0.15) is 5.56 Å². The highest BCUT2D eigenvalue weighted by Crippen LogP contribution is 2.27. The zero-order valence-corrected chi connectivity index (χ0v) is 13.6. The zero-order valence-electron chi connectivity index (χ0n) is 12.0. The summed E-state index contributed by atoms with van der Waals surface area (Å²) < 4.78 is 11.1. The molecule has 2 rings (SSSR count). The van der Waals surface area contributed by atoms with Crippen molar-refractivity contribution in [2.24, 2.45) is 0 Å². The first-order chi connectivity index (χ1) is 11.0. The SMILES string of the molecule is O=C(O)C=Cc1cccc(OCCOc2cc(Cl)ccc2Cl)c1. The fourth-order valence-corrected chi connectivity index (χ4v) is 2.11. The van der Waals surface area contributed by atoms with Gasteiger partial charge in [-0.15, -0.1) is 0 Å². The van der Waals surface area contributed by atoms with Crippen molar-refractivity contribution in [1.82, 2.24) is 0 Å². The second kappa shape index (κ2) is 8.46. The summed E-state index contributed by atoms with van der Waals surface area (Å²) in [5.41, 5.74) is 0.740. The molecule has 2 aromatic rings. The van der Waals surface area contributed by atoms with Crippen LogP contribution in [0.5, 0.6) is 11.5 Å². The van der Waals surface area contributed by atoms with E-state index in [9.17, 15) is 4.79 Å². The van der Waals surface area contributed by atoms with Crippen LogP contribution in [0.4, 0.5) is 0 Å². The van der Waals surface area contributed by atoms with Gasteiger partial charge >= 0.3 is 5.97 Å². The van der Waals surface area contributed by atoms with Gasteiger partial charge in [-0.2, -0.15) is 0 Å². The van der Waals surface area contributed by atoms with E-state index in [1.165, 1.54) is 6.08 Å². The first-order valence-corrected chi connectivity index (χ1v) is 7.52. The molecule has 0 fully saturated rings. The third kappa shape index (κ3) is 5.85. The Morgan fingerprint density at radius 3 is 2.65 bits per heavy atom. The van der Waals surface area contributed by atoms with Gasteiger partial charge in [0, 0.05) is 17.2 Å². The van der Waals surface area contributed by atoms with Gasteiger partial charge in [0.15, 0.2) is 0 Å². The predicted molar refractivity (Wildman–Crippen MR) is 90.6 cm³/mol. The standard InChI is InChI=1S/C17H14Cl2O4/c18-13-5-6-15(19)16(11-13)23-9-8-22-14-3-1-2-12(10-14)4-7-17(20)21/h1-7,10-11H,8-9H2,(H,20,21). The maximum Gasteiger partial charge on any atom is 0.328 e. The number of carboxylic acid groups (broad SMARTS) is 1. The molecule has 0 atom stereocenters. The summed E-state index contributed by atoms with van der Waals surface area (Å²) >= 11 is 11.9. The van der Waals surface area contributed by atoms with E-state index in [2.05, 4.69) is 0 Å². The van der Waals surface area contributed by atoms with Crippen LogP contribution in [0.3, 0.4) is 0 Å². The van der Waals surface area contributed by atoms with Crippen LogP contribution in [0, 0.1) is 0 Å². The van der Waals surface area contributed by atoms with Crippen molar-refractivity contribution in [1.29, 1.82) is 0 Å². The number of halogens is 2. The van der Waals surface area contributed by atoms with E-state index in [1.807, 2.05) is 0 Å². The molecule has 2 aromatic carbocycles. The van der Waals surface area contributed by atoms with Crippen molar-refractivity contribution in [3.63, 3.8) is 0 Å². The fraction of sp³-hybridized carbons (Fsp3) is 0.118. The number of carboxylic acids is 1. The van der Waals surface area contributed by atoms with Crippen molar-refractivity contribution in [2.45, 2.75) is 0 Å². The minimum absolute atomic E-state index is 0.301. The highest BCUT2D eigenvalue weighted by molar-refractivity contribution is 6.34. The van der Waals surface area contributed by atoms with Gasteiger partial charge in [-0.25, -0.2) is 4.79 Å². The van der Waals surface area contributed by atoms with E-state index >= 15 is 0 Å². The molecular formula is C17H14Cl2O4. The van der Waals surface area contributed by atoms with E-state index in [1.54, 1.807) is 42.5 Å². The monoisotopic (exact) mass is 352 g/mol. The maximum atomic E-state index is 10.5. The first-order valence-electron chi connectivity index (χ1n) is 6.76. The molecular weight excluding hydrogens is 339 g/mol. The molecule has 0 amide bonds. The minimum atomic E-state index is -0.997. The Balaban J connectivity index is 1.85. The van der Waals surface area contributed by atoms with Crippen molar-refractivity contribution in [3.05, 3.63) is 64.1 Å². The lowest BCUT2D eigenvalue weighted by Crippen LogP contribution is -2.09. The average molecular weight is 353 g/mol. The van der Waals surface area contributed by atoms with Gasteiger partial charge < -0.3 is 14.6 Å². The van der Waals surface area contributed by atoms with Gasteiger partial charge in [-0.05, 0) is 35.9 Å². The van der Waals surface area contributed by atoms with E-state index in [-0.39, 0.29) is 0 Å². The van der Waals surface area contributed by atoms with Crippen molar-refractivity contribution in [3.8, 4) is 11.5 Å². The summed E-state index contributed by atoms with van der Waals surface area (Å²) in [6.45, 7) is 0.615. The van der Waals surface area contributed by atoms with Crippen LogP contribution in [0.2, 0.25) is 10.0 Å². The number of rotatable bonds is 7. The summed E-state index contributed by atoms with van der Waals surface area (Å²) in [7, 11) is 0. The van der Waals surface area contributed by atoms with Gasteiger partial charge in [0.25, 0.3) is 0 Å². The second-order valence-electron chi connectivity index (χ2n) is 4.52. The smallest absolute Gasteiger partial charge is 0.328 e. The molecule has 120 valence electrons. The van der Waals surface area contributed by atoms with Crippen LogP contribution in [-0.4, -0.2) is 24.3 Å². The largest absolute Gasteiger partial charge is 0.490 e. The topological polar surface area (TPSA) is 55.8 Å². The molecule has 0 heterocycles. The van der Waals surface area contributed by atoms with Crippen LogP contribution >= 0.6 is 23.2 Å². The lowest BCUT2D eigenvalue weighted by molar-refractivity contribution is -0.131. The van der Waals surface area contributed by atoms with Crippen molar-refractivity contribution < 1.29 is 19.4 Å². The second-order valence-corrected chi connectivity index (χ2v) is 5.36. The highest BCUT2D eigenvalue weighted by Gasteiger charge is 2.03. The first kappa shape index (κ1) is 17.2. The van der Waals surface area contributed by atoms with E-state index in [4.69, 9.17) is 37.8 Å². The summed E-state index contributed by atoms with van der Waals surface area (Å²) in [4.78, 5) is 10.5. The van der Waals surface area contributed by atoms with Gasteiger partial charge in [0.05, 0.1) is 5.02 Å². The molecule has 0 saturated carbocycles. The Bertz CT molecular complexity index is 713. The van der Waals surface area contributed by atoms with E-state index < -0.39 is 5.97 Å². The number of ether oxygens (including phenoxy) is 2. The summed E-state index contributed by atoms with van der Waals surface area (Å²) in [5, 5.41) is 9.64. The minimum Gasteiger partial charge on any atom is -0.490 e. The van der Waals surface area contributed by atoms with Gasteiger partial charge in [0.2, 0.25) is 0 Å². The summed E-state index contributed by atoms with van der Waals surface area (Å²) in [6.07, 6.45) is 2.57. The number of aliphatic carboxylic acids is 1. The van der Waals surface area contributed by atoms with Crippen molar-refractivity contribution >= 4 is 35.2 Å². The Morgan fingerprint density at radius 2 is 1.87 bits per heavy atom. The van der Waals surface area contributed by atoms with Gasteiger partial charge in [0.1, 0.15) is 24.7 Å². The Labute approximate surface area is 143 Å². The maximum absolute atomic E-state index is 10.5. The quantitative estimate of drug-likeness (QED) is 0.586. The Hall–Kier alpha value is -2.17. The molecule has 0 aromatic heterocycles. The van der Waals surface area contributed by atoms with Gasteiger partial charge in [-0.3, -0.25) is 0 Å². The molecule has 4 nitrogen and oxygen atoms in total. The number of benzene rings is 2. The molecule has 0 radical (unpaired) electrons. The molecule has 0 unspecified atom stereocenters. The molecule has 0 aliphatic heterocycles. The lowest BCUT2D eigenvalue weighted by Gasteiger charge is -2.10. The third-order valence-electron chi connectivity index (χ3n) is 2.78. The molecule has 0 saturated heterocycles. The molecule has 0 aliphatic carbocycles. The molecule has 6 heteroatoms. The molecule has 1 N–H and O–H groups in total. The van der Waals surface area contributed by atoms with E-state index in [0.29, 0.717) is 34.8 Å². The molecule has 23 heavy (non-hydrogen) atoms. The number of carbonyl (C=O) groups is 1. The molecule has 0 bridgehead atoms.